The van der Waals surface area contributed by atoms with Gasteiger partial charge in [-0.2, -0.15) is 0 Å². The molecule has 114 valence electrons. The van der Waals surface area contributed by atoms with Gasteiger partial charge < -0.3 is 10.2 Å². The zero-order valence-corrected chi connectivity index (χ0v) is 13.6. The van der Waals surface area contributed by atoms with E-state index in [1.54, 1.807) is 0 Å². The molecule has 0 bridgehead atoms. The summed E-state index contributed by atoms with van der Waals surface area (Å²) in [6.45, 7) is 10.9. The van der Waals surface area contributed by atoms with Crippen LogP contribution in [0.4, 0.5) is 0 Å². The van der Waals surface area contributed by atoms with Gasteiger partial charge in [-0.1, -0.05) is 58.9 Å². The van der Waals surface area contributed by atoms with Crippen molar-refractivity contribution < 1.29 is 10.2 Å². The molecule has 0 fully saturated rings. The van der Waals surface area contributed by atoms with E-state index in [9.17, 15) is 10.2 Å². The molecule has 1 aromatic carbocycles. The van der Waals surface area contributed by atoms with Gasteiger partial charge in [-0.25, -0.2) is 0 Å². The maximum atomic E-state index is 9.71. The first kappa shape index (κ1) is 17.2. The zero-order chi connectivity index (χ0) is 15.4. The number of benzene rings is 1. The maximum absolute atomic E-state index is 9.71. The molecule has 0 aliphatic heterocycles. The van der Waals surface area contributed by atoms with Gasteiger partial charge in [0.05, 0.1) is 13.2 Å². The van der Waals surface area contributed by atoms with E-state index in [0.717, 1.165) is 12.8 Å². The van der Waals surface area contributed by atoms with Crippen LogP contribution in [0, 0.1) is 11.3 Å². The van der Waals surface area contributed by atoms with Crippen LogP contribution in [0.2, 0.25) is 0 Å². The van der Waals surface area contributed by atoms with Crippen LogP contribution in [0.1, 0.15) is 52.2 Å². The molecule has 0 aliphatic rings. The van der Waals surface area contributed by atoms with Gasteiger partial charge in [0.2, 0.25) is 0 Å². The fourth-order valence-corrected chi connectivity index (χ4v) is 2.78. The summed E-state index contributed by atoms with van der Waals surface area (Å²) in [5.41, 5.74) is 2.24. The molecule has 0 spiro atoms. The minimum atomic E-state index is -0.405. The third-order valence-corrected chi connectivity index (χ3v) is 3.91. The molecule has 0 aromatic heterocycles. The van der Waals surface area contributed by atoms with Crippen LogP contribution >= 0.6 is 0 Å². The Labute approximate surface area is 123 Å². The standard InChI is InChI=1S/C18H30O2/c1-14(2)10-18(12-19,13-20)11-15-6-8-16(9-7-15)17(3,4)5/h6-9,14,19-20H,10-13H2,1-5H3. The number of aliphatic hydroxyl groups excluding tert-OH is 2. The Morgan fingerprint density at radius 2 is 1.45 bits per heavy atom. The largest absolute Gasteiger partial charge is 0.396 e. The lowest BCUT2D eigenvalue weighted by Gasteiger charge is -2.32. The van der Waals surface area contributed by atoms with Crippen LogP contribution in [0.3, 0.4) is 0 Å². The Hall–Kier alpha value is -0.860. The van der Waals surface area contributed by atoms with E-state index in [0.29, 0.717) is 5.92 Å². The Bertz CT molecular complexity index is 394. The van der Waals surface area contributed by atoms with Crippen LogP contribution in [-0.2, 0) is 11.8 Å². The summed E-state index contributed by atoms with van der Waals surface area (Å²) >= 11 is 0. The van der Waals surface area contributed by atoms with Crippen LogP contribution in [-0.4, -0.2) is 23.4 Å². The van der Waals surface area contributed by atoms with Crippen molar-refractivity contribution in [2.24, 2.45) is 11.3 Å². The molecule has 0 unspecified atom stereocenters. The second kappa shape index (κ2) is 6.73. The highest BCUT2D eigenvalue weighted by molar-refractivity contribution is 5.28. The normalized spacial score (nSPS) is 13.0. The molecule has 2 nitrogen and oxygen atoms in total. The van der Waals surface area contributed by atoms with Gasteiger partial charge >= 0.3 is 0 Å². The predicted octanol–water partition coefficient (Wildman–Crippen LogP) is 3.54. The van der Waals surface area contributed by atoms with Gasteiger partial charge in [-0.05, 0) is 35.3 Å². The van der Waals surface area contributed by atoms with Crippen molar-refractivity contribution in [3.8, 4) is 0 Å². The monoisotopic (exact) mass is 278 g/mol. The van der Waals surface area contributed by atoms with Crippen molar-refractivity contribution in [2.45, 2.75) is 52.9 Å². The maximum Gasteiger partial charge on any atom is 0.0512 e. The van der Waals surface area contributed by atoms with E-state index in [-0.39, 0.29) is 18.6 Å². The van der Waals surface area contributed by atoms with Gasteiger partial charge in [0.15, 0.2) is 0 Å². The summed E-state index contributed by atoms with van der Waals surface area (Å²) in [6.07, 6.45) is 1.56. The van der Waals surface area contributed by atoms with E-state index < -0.39 is 5.41 Å². The van der Waals surface area contributed by atoms with Crippen LogP contribution in [0.5, 0.6) is 0 Å². The lowest BCUT2D eigenvalue weighted by Crippen LogP contribution is -2.34. The van der Waals surface area contributed by atoms with E-state index in [1.165, 1.54) is 11.1 Å². The van der Waals surface area contributed by atoms with Gasteiger partial charge in [0.25, 0.3) is 0 Å². The topological polar surface area (TPSA) is 40.5 Å². The lowest BCUT2D eigenvalue weighted by molar-refractivity contribution is 0.0369. The molecule has 0 aliphatic carbocycles. The van der Waals surface area contributed by atoms with E-state index in [2.05, 4.69) is 58.9 Å². The molecule has 2 heteroatoms. The van der Waals surface area contributed by atoms with E-state index in [1.807, 2.05) is 0 Å². The molecule has 0 atom stereocenters. The summed E-state index contributed by atoms with van der Waals surface area (Å²) in [7, 11) is 0. The van der Waals surface area contributed by atoms with Gasteiger partial charge in [0.1, 0.15) is 0 Å². The SMILES string of the molecule is CC(C)CC(CO)(CO)Cc1ccc(C(C)(C)C)cc1. The van der Waals surface area contributed by atoms with Crippen LogP contribution in [0.25, 0.3) is 0 Å². The van der Waals surface area contributed by atoms with Crippen molar-refractivity contribution in [2.75, 3.05) is 13.2 Å². The minimum absolute atomic E-state index is 0.0305. The van der Waals surface area contributed by atoms with Crippen molar-refractivity contribution in [1.29, 1.82) is 0 Å². The molecule has 2 N–H and O–H groups in total. The Morgan fingerprint density at radius 3 is 1.80 bits per heavy atom. The van der Waals surface area contributed by atoms with E-state index >= 15 is 0 Å². The third-order valence-electron chi connectivity index (χ3n) is 3.91. The van der Waals surface area contributed by atoms with Crippen molar-refractivity contribution in [1.82, 2.24) is 0 Å². The second-order valence-corrected chi connectivity index (χ2v) is 7.54. The summed E-state index contributed by atoms with van der Waals surface area (Å²) in [5.74, 6) is 0.461. The van der Waals surface area contributed by atoms with Gasteiger partial charge in [-0.15, -0.1) is 0 Å². The number of hydrogen-bond donors (Lipinski definition) is 2. The molecule has 20 heavy (non-hydrogen) atoms. The third kappa shape index (κ3) is 4.60. The van der Waals surface area contributed by atoms with Crippen molar-refractivity contribution >= 4 is 0 Å². The highest BCUT2D eigenvalue weighted by Gasteiger charge is 2.30. The Morgan fingerprint density at radius 1 is 0.950 bits per heavy atom. The van der Waals surface area contributed by atoms with Crippen LogP contribution in [0.15, 0.2) is 24.3 Å². The molecule has 0 radical (unpaired) electrons. The van der Waals surface area contributed by atoms with Crippen LogP contribution < -0.4 is 0 Å². The Balaban J connectivity index is 2.89. The summed E-state index contributed by atoms with van der Waals surface area (Å²) in [4.78, 5) is 0. The molecular formula is C18H30O2. The smallest absolute Gasteiger partial charge is 0.0512 e. The number of aliphatic hydroxyl groups is 2. The summed E-state index contributed by atoms with van der Waals surface area (Å²) in [5, 5.41) is 19.4. The molecular weight excluding hydrogens is 248 g/mol. The highest BCUT2D eigenvalue weighted by atomic mass is 16.3. The Kier molecular flexibility index (Phi) is 5.79. The van der Waals surface area contributed by atoms with Gasteiger partial charge in [0, 0.05) is 5.41 Å². The summed E-state index contributed by atoms with van der Waals surface area (Å²) < 4.78 is 0. The highest BCUT2D eigenvalue weighted by Crippen LogP contribution is 2.31. The molecule has 0 saturated heterocycles. The first-order valence-corrected chi connectivity index (χ1v) is 7.53. The van der Waals surface area contributed by atoms with Crippen molar-refractivity contribution in [3.63, 3.8) is 0 Å². The zero-order valence-electron chi connectivity index (χ0n) is 13.6. The fraction of sp³-hybridized carbons (Fsp3) is 0.667. The average Bonchev–Trinajstić information content (AvgIpc) is 2.37. The second-order valence-electron chi connectivity index (χ2n) is 7.54. The van der Waals surface area contributed by atoms with E-state index in [4.69, 9.17) is 0 Å². The molecule has 0 amide bonds. The molecule has 0 heterocycles. The quantitative estimate of drug-likeness (QED) is 0.835. The molecule has 1 rings (SSSR count). The lowest BCUT2D eigenvalue weighted by atomic mass is 9.76. The molecule has 0 saturated carbocycles. The predicted molar refractivity (Wildman–Crippen MR) is 84.9 cm³/mol. The fourth-order valence-electron chi connectivity index (χ4n) is 2.78. The first-order chi connectivity index (χ1) is 9.22. The average molecular weight is 278 g/mol. The molecule has 1 aromatic rings. The van der Waals surface area contributed by atoms with Gasteiger partial charge in [-0.3, -0.25) is 0 Å². The minimum Gasteiger partial charge on any atom is -0.396 e. The van der Waals surface area contributed by atoms with Crippen molar-refractivity contribution in [3.05, 3.63) is 35.4 Å². The number of hydrogen-bond acceptors (Lipinski definition) is 2. The first-order valence-electron chi connectivity index (χ1n) is 7.53. The number of rotatable bonds is 6. The summed E-state index contributed by atoms with van der Waals surface area (Å²) in [6, 6.07) is 8.57.